The van der Waals surface area contributed by atoms with Crippen LogP contribution in [0.2, 0.25) is 0 Å². The Labute approximate surface area is 312 Å². The lowest BCUT2D eigenvalue weighted by molar-refractivity contribution is -0.148. The van der Waals surface area contributed by atoms with Crippen molar-refractivity contribution in [3.8, 4) is 5.75 Å². The number of carbonyl (C=O) groups excluding carboxylic acids is 3. The number of thiazole rings is 1. The number of unbranched alkanes of at least 4 members (excludes halogenated alkanes) is 2. The number of piperidine rings is 1. The molecule has 0 saturated carbocycles. The molecular formula is C37H53F5N4O6S. The summed E-state index contributed by atoms with van der Waals surface area (Å²) in [5.41, 5.74) is -0.490. The molecule has 1 aliphatic heterocycles. The molecule has 0 radical (unpaired) electrons. The minimum Gasteiger partial charge on any atom is -0.455 e. The minimum absolute atomic E-state index is 0.0201. The minimum atomic E-state index is -2.39. The summed E-state index contributed by atoms with van der Waals surface area (Å²) in [6.07, 6.45) is 5.69. The Morgan fingerprint density at radius 2 is 1.68 bits per heavy atom. The van der Waals surface area contributed by atoms with Crippen molar-refractivity contribution in [3.05, 3.63) is 45.2 Å². The van der Waals surface area contributed by atoms with E-state index in [1.807, 2.05) is 20.9 Å². The lowest BCUT2D eigenvalue weighted by atomic mass is 9.93. The van der Waals surface area contributed by atoms with Gasteiger partial charge in [-0.1, -0.05) is 60.3 Å². The predicted octanol–water partition coefficient (Wildman–Crippen LogP) is 7.56. The fraction of sp³-hybridized carbons (Fsp3) is 0.676. The maximum absolute atomic E-state index is 14.2. The Bertz CT molecular complexity index is 1500. The average Bonchev–Trinajstić information content (AvgIpc) is 3.62. The van der Waals surface area contributed by atoms with Crippen LogP contribution >= 0.6 is 11.3 Å². The molecule has 0 bridgehead atoms. The van der Waals surface area contributed by atoms with Gasteiger partial charge in [-0.15, -0.1) is 11.3 Å². The monoisotopic (exact) mass is 776 g/mol. The highest BCUT2D eigenvalue weighted by molar-refractivity contribution is 7.09. The number of amides is 1. The summed E-state index contributed by atoms with van der Waals surface area (Å²) in [7, 11) is 1.96. The number of carbonyl (C=O) groups is 3. The molecule has 5 atom stereocenters. The SMILES string of the molecule is CCCCCOCN(CC(NC(=O)C1CCCCN1C)C(C)CC)C(CC(OC(C)=O)c1nc(C(=O)Oc2c(F)c(F)c(F)c(F)c2F)cs1)C(C)C. The number of ether oxygens (including phenoxy) is 3. The Morgan fingerprint density at radius 1 is 1.02 bits per heavy atom. The molecule has 1 aromatic carbocycles. The molecule has 1 aromatic heterocycles. The predicted molar refractivity (Wildman–Crippen MR) is 190 cm³/mol. The number of likely N-dealkylation sites (N-methyl/N-ethyl adjacent to an activating group) is 1. The topological polar surface area (TPSA) is 110 Å². The van der Waals surface area contributed by atoms with E-state index in [0.717, 1.165) is 62.8 Å². The second kappa shape index (κ2) is 21.0. The summed E-state index contributed by atoms with van der Waals surface area (Å²) < 4.78 is 85.9. The largest absolute Gasteiger partial charge is 0.455 e. The van der Waals surface area contributed by atoms with Gasteiger partial charge in [-0.3, -0.25) is 19.4 Å². The van der Waals surface area contributed by atoms with Gasteiger partial charge in [-0.25, -0.2) is 22.9 Å². The zero-order valence-electron chi connectivity index (χ0n) is 31.6. The molecule has 5 unspecified atom stereocenters. The zero-order chi connectivity index (χ0) is 39.4. The van der Waals surface area contributed by atoms with Gasteiger partial charge < -0.3 is 19.5 Å². The summed E-state index contributed by atoms with van der Waals surface area (Å²) in [5.74, 6) is -15.4. The van der Waals surface area contributed by atoms with E-state index < -0.39 is 58.6 Å². The number of halogens is 5. The van der Waals surface area contributed by atoms with Crippen LogP contribution in [0.5, 0.6) is 5.75 Å². The molecule has 1 amide bonds. The normalized spacial score (nSPS) is 17.4. The number of nitrogens with one attached hydrogen (secondary N) is 1. The first-order valence-corrected chi connectivity index (χ1v) is 19.2. The molecule has 0 spiro atoms. The fourth-order valence-corrected chi connectivity index (χ4v) is 7.15. The Morgan fingerprint density at radius 3 is 2.26 bits per heavy atom. The summed E-state index contributed by atoms with van der Waals surface area (Å²) in [6, 6.07) is -0.763. The first-order chi connectivity index (χ1) is 25.1. The smallest absolute Gasteiger partial charge is 0.363 e. The number of nitrogens with zero attached hydrogens (tertiary/aromatic N) is 3. The zero-order valence-corrected chi connectivity index (χ0v) is 32.4. The van der Waals surface area contributed by atoms with Gasteiger partial charge >= 0.3 is 11.9 Å². The second-order valence-corrected chi connectivity index (χ2v) is 14.9. The Balaban J connectivity index is 1.91. The van der Waals surface area contributed by atoms with Crippen molar-refractivity contribution in [1.29, 1.82) is 0 Å². The molecule has 1 N–H and O–H groups in total. The molecule has 10 nitrogen and oxygen atoms in total. The fourth-order valence-electron chi connectivity index (χ4n) is 6.32. The van der Waals surface area contributed by atoms with E-state index in [0.29, 0.717) is 13.2 Å². The molecule has 53 heavy (non-hydrogen) atoms. The maximum Gasteiger partial charge on any atom is 0.363 e. The average molecular weight is 777 g/mol. The van der Waals surface area contributed by atoms with Crippen LogP contribution in [0.3, 0.4) is 0 Å². The quantitative estimate of drug-likeness (QED) is 0.0277. The number of benzene rings is 1. The van der Waals surface area contributed by atoms with E-state index in [2.05, 4.69) is 45.6 Å². The number of hydrogen-bond acceptors (Lipinski definition) is 10. The molecule has 298 valence electrons. The van der Waals surface area contributed by atoms with Crippen LogP contribution in [0.15, 0.2) is 5.38 Å². The van der Waals surface area contributed by atoms with Gasteiger partial charge in [0.05, 0.1) is 12.8 Å². The molecule has 2 heterocycles. The molecule has 3 rings (SSSR count). The summed E-state index contributed by atoms with van der Waals surface area (Å²) >= 11 is 0.899. The molecular weight excluding hydrogens is 723 g/mol. The summed E-state index contributed by atoms with van der Waals surface area (Å²) in [6.45, 7) is 13.5. The van der Waals surface area contributed by atoms with E-state index in [1.165, 1.54) is 12.3 Å². The van der Waals surface area contributed by atoms with Gasteiger partial charge in [0.25, 0.3) is 0 Å². The van der Waals surface area contributed by atoms with E-state index in [4.69, 9.17) is 9.47 Å². The van der Waals surface area contributed by atoms with Crippen LogP contribution < -0.4 is 10.1 Å². The van der Waals surface area contributed by atoms with Gasteiger partial charge in [0.1, 0.15) is 5.01 Å². The highest BCUT2D eigenvalue weighted by atomic mass is 32.1. The first kappa shape index (κ1) is 44.2. The van der Waals surface area contributed by atoms with Crippen LogP contribution in [0.1, 0.15) is 115 Å². The summed E-state index contributed by atoms with van der Waals surface area (Å²) in [4.78, 5) is 47.2. The van der Waals surface area contributed by atoms with Crippen molar-refractivity contribution in [2.45, 2.75) is 117 Å². The van der Waals surface area contributed by atoms with Gasteiger partial charge in [-0.05, 0) is 44.7 Å². The highest BCUT2D eigenvalue weighted by Gasteiger charge is 2.35. The first-order valence-electron chi connectivity index (χ1n) is 18.3. The number of esters is 2. The van der Waals surface area contributed by atoms with Gasteiger partial charge in [-0.2, -0.15) is 8.78 Å². The molecule has 1 saturated heterocycles. The van der Waals surface area contributed by atoms with E-state index in [1.54, 1.807) is 0 Å². The highest BCUT2D eigenvalue weighted by Crippen LogP contribution is 2.33. The third-order valence-electron chi connectivity index (χ3n) is 9.69. The Kier molecular flexibility index (Phi) is 17.5. The van der Waals surface area contributed by atoms with E-state index >= 15 is 0 Å². The molecule has 2 aromatic rings. The molecule has 1 aliphatic rings. The molecule has 1 fully saturated rings. The van der Waals surface area contributed by atoms with Crippen LogP contribution in [-0.2, 0) is 19.1 Å². The maximum atomic E-state index is 14.2. The van der Waals surface area contributed by atoms with Crippen molar-refractivity contribution in [3.63, 3.8) is 0 Å². The molecule has 0 aliphatic carbocycles. The van der Waals surface area contributed by atoms with Crippen LogP contribution in [-0.4, -0.2) is 84.2 Å². The van der Waals surface area contributed by atoms with Crippen LogP contribution in [0.4, 0.5) is 22.0 Å². The lowest BCUT2D eigenvalue weighted by Gasteiger charge is -2.40. The van der Waals surface area contributed by atoms with E-state index in [9.17, 15) is 36.3 Å². The lowest BCUT2D eigenvalue weighted by Crippen LogP contribution is -2.56. The number of likely N-dealkylation sites (tertiary alicyclic amines) is 1. The number of rotatable bonds is 20. The van der Waals surface area contributed by atoms with Crippen molar-refractivity contribution in [1.82, 2.24) is 20.1 Å². The van der Waals surface area contributed by atoms with Crippen molar-refractivity contribution >= 4 is 29.2 Å². The number of hydrogen-bond donors (Lipinski definition) is 1. The van der Waals surface area contributed by atoms with Crippen LogP contribution in [0, 0.1) is 40.9 Å². The number of aromatic nitrogens is 1. The van der Waals surface area contributed by atoms with Crippen molar-refractivity contribution < 1.29 is 50.5 Å². The standard InChI is InChI=1S/C37H53F5N4O6S/c1-8-10-13-16-50-20-46(18-24(22(5)9-2)43-35(48)26-14-11-12-15-45(26)7)27(21(3)4)17-28(51-23(6)47)36-44-25(19-53-36)37(49)52-34-32(41)30(39)29(38)31(40)33(34)42/h19,21-22,24,26-28H,8-18,20H2,1-7H3,(H,43,48). The summed E-state index contributed by atoms with van der Waals surface area (Å²) in [5, 5.41) is 4.65. The van der Waals surface area contributed by atoms with Gasteiger partial charge in [0.2, 0.25) is 40.7 Å². The second-order valence-electron chi connectivity index (χ2n) is 14.0. The Hall–Kier alpha value is -3.21. The van der Waals surface area contributed by atoms with Gasteiger partial charge in [0, 0.05) is 44.0 Å². The van der Waals surface area contributed by atoms with Crippen molar-refractivity contribution in [2.24, 2.45) is 11.8 Å². The van der Waals surface area contributed by atoms with E-state index in [-0.39, 0.29) is 54.0 Å². The van der Waals surface area contributed by atoms with Crippen LogP contribution in [0.25, 0.3) is 0 Å². The van der Waals surface area contributed by atoms with Gasteiger partial charge in [0.15, 0.2) is 11.8 Å². The third kappa shape index (κ3) is 12.1. The molecule has 16 heteroatoms. The third-order valence-corrected chi connectivity index (χ3v) is 10.6. The van der Waals surface area contributed by atoms with Crippen molar-refractivity contribution in [2.75, 3.05) is 33.5 Å².